The summed E-state index contributed by atoms with van der Waals surface area (Å²) in [4.78, 5) is 30.4. The van der Waals surface area contributed by atoms with Crippen LogP contribution in [0.25, 0.3) is 0 Å². The molecule has 1 aromatic heterocycles. The fourth-order valence-electron chi connectivity index (χ4n) is 3.97. The number of hydrogen-bond acceptors (Lipinski definition) is 5. The maximum absolute atomic E-state index is 13.8. The van der Waals surface area contributed by atoms with E-state index in [4.69, 9.17) is 9.47 Å². The average Bonchev–Trinajstić information content (AvgIpc) is 3.29. The Morgan fingerprint density at radius 1 is 0.968 bits per heavy atom. The second kappa shape index (κ2) is 8.43. The number of nitrogens with zero attached hydrogens (tertiary/aromatic N) is 2. The largest absolute Gasteiger partial charge is 0.497 e. The van der Waals surface area contributed by atoms with Crippen molar-refractivity contribution in [2.45, 2.75) is 19.9 Å². The number of thiophene rings is 1. The number of amides is 2. The van der Waals surface area contributed by atoms with E-state index in [2.05, 4.69) is 0 Å². The van der Waals surface area contributed by atoms with Gasteiger partial charge < -0.3 is 9.47 Å². The molecule has 0 radical (unpaired) electrons. The fraction of sp³-hybridized carbons (Fsp3) is 0.250. The molecule has 1 saturated heterocycles. The Labute approximate surface area is 185 Å². The Balaban J connectivity index is 1.84. The van der Waals surface area contributed by atoms with Gasteiger partial charge >= 0.3 is 0 Å². The minimum Gasteiger partial charge on any atom is -0.497 e. The molecule has 7 heteroatoms. The molecule has 0 aliphatic carbocycles. The van der Waals surface area contributed by atoms with Crippen molar-refractivity contribution in [3.05, 3.63) is 69.9 Å². The molecule has 0 saturated carbocycles. The molecule has 1 fully saturated rings. The van der Waals surface area contributed by atoms with Crippen molar-refractivity contribution in [3.8, 4) is 11.5 Å². The number of methoxy groups -OCH3 is 2. The SMILES string of the molecule is COc1ccc(OC)c(N2CC(=O)N(c3ccc(C)cc3C)[C@H](c3ccsc3)C2=O)c1. The summed E-state index contributed by atoms with van der Waals surface area (Å²) in [6.45, 7) is 3.88. The number of aryl methyl sites for hydroxylation is 2. The van der Waals surface area contributed by atoms with Gasteiger partial charge in [-0.1, -0.05) is 17.7 Å². The van der Waals surface area contributed by atoms with E-state index < -0.39 is 6.04 Å². The summed E-state index contributed by atoms with van der Waals surface area (Å²) in [6.07, 6.45) is 0. The van der Waals surface area contributed by atoms with E-state index in [0.717, 1.165) is 22.4 Å². The molecule has 2 aromatic carbocycles. The Kier molecular flexibility index (Phi) is 5.69. The first kappa shape index (κ1) is 20.9. The van der Waals surface area contributed by atoms with Crippen LogP contribution in [0.2, 0.25) is 0 Å². The molecule has 3 aromatic rings. The molecule has 31 heavy (non-hydrogen) atoms. The van der Waals surface area contributed by atoms with Gasteiger partial charge in [0.1, 0.15) is 24.1 Å². The van der Waals surface area contributed by atoms with Crippen molar-refractivity contribution in [1.29, 1.82) is 0 Å². The summed E-state index contributed by atoms with van der Waals surface area (Å²) in [5.41, 5.74) is 4.11. The summed E-state index contributed by atoms with van der Waals surface area (Å²) >= 11 is 1.50. The number of hydrogen-bond donors (Lipinski definition) is 0. The first-order valence-electron chi connectivity index (χ1n) is 9.89. The lowest BCUT2D eigenvalue weighted by atomic mass is 10.00. The molecule has 1 aliphatic rings. The Morgan fingerprint density at radius 3 is 2.42 bits per heavy atom. The van der Waals surface area contributed by atoms with E-state index in [1.54, 1.807) is 37.3 Å². The van der Waals surface area contributed by atoms with E-state index in [9.17, 15) is 9.59 Å². The second-order valence-corrected chi connectivity index (χ2v) is 8.26. The first-order chi connectivity index (χ1) is 14.9. The van der Waals surface area contributed by atoms with Crippen LogP contribution in [0.4, 0.5) is 11.4 Å². The van der Waals surface area contributed by atoms with Crippen molar-refractivity contribution < 1.29 is 19.1 Å². The summed E-state index contributed by atoms with van der Waals surface area (Å²) in [7, 11) is 3.10. The van der Waals surface area contributed by atoms with Crippen LogP contribution in [-0.4, -0.2) is 32.6 Å². The van der Waals surface area contributed by atoms with Gasteiger partial charge in [0.15, 0.2) is 0 Å². The lowest BCUT2D eigenvalue weighted by molar-refractivity contribution is -0.128. The van der Waals surface area contributed by atoms with E-state index in [1.807, 2.05) is 48.9 Å². The fourth-order valence-corrected chi connectivity index (χ4v) is 4.65. The lowest BCUT2D eigenvalue weighted by Crippen LogP contribution is -2.56. The van der Waals surface area contributed by atoms with Gasteiger partial charge in [-0.3, -0.25) is 19.4 Å². The molecule has 0 bridgehead atoms. The number of benzene rings is 2. The molecule has 1 aliphatic heterocycles. The zero-order valence-corrected chi connectivity index (χ0v) is 18.7. The molecule has 0 spiro atoms. The molecule has 6 nitrogen and oxygen atoms in total. The van der Waals surface area contributed by atoms with E-state index in [-0.39, 0.29) is 18.4 Å². The zero-order valence-electron chi connectivity index (χ0n) is 17.9. The predicted octanol–water partition coefficient (Wildman–Crippen LogP) is 4.50. The quantitative estimate of drug-likeness (QED) is 0.591. The normalized spacial score (nSPS) is 16.6. The van der Waals surface area contributed by atoms with Crippen LogP contribution in [-0.2, 0) is 9.59 Å². The number of carbonyl (C=O) groups excluding carboxylic acids is 2. The molecule has 0 N–H and O–H groups in total. The van der Waals surface area contributed by atoms with Gasteiger partial charge in [0.05, 0.1) is 19.9 Å². The molecule has 2 amide bonds. The summed E-state index contributed by atoms with van der Waals surface area (Å²) < 4.78 is 10.8. The van der Waals surface area contributed by atoms with Crippen molar-refractivity contribution in [2.75, 3.05) is 30.6 Å². The van der Waals surface area contributed by atoms with Crippen LogP contribution in [0.1, 0.15) is 22.7 Å². The predicted molar refractivity (Wildman–Crippen MR) is 122 cm³/mol. The van der Waals surface area contributed by atoms with Crippen LogP contribution in [0.3, 0.4) is 0 Å². The Morgan fingerprint density at radius 2 is 1.77 bits per heavy atom. The number of anilines is 2. The van der Waals surface area contributed by atoms with Gasteiger partial charge in [0.2, 0.25) is 5.91 Å². The summed E-state index contributed by atoms with van der Waals surface area (Å²) in [5.74, 6) is 0.739. The highest BCUT2D eigenvalue weighted by Crippen LogP contribution is 2.40. The standard InChI is InChI=1S/C24H24N2O4S/c1-15-5-7-19(16(2)11-15)26-22(27)13-25(24(28)23(26)17-9-10-31-14-17)20-12-18(29-3)6-8-21(20)30-4/h5-12,14,23H,13H2,1-4H3/t23-/m1/s1. The maximum Gasteiger partial charge on any atom is 0.255 e. The topological polar surface area (TPSA) is 59.1 Å². The number of piperazine rings is 1. The second-order valence-electron chi connectivity index (χ2n) is 7.48. The van der Waals surface area contributed by atoms with E-state index in [0.29, 0.717) is 17.2 Å². The Hall–Kier alpha value is -3.32. The summed E-state index contributed by atoms with van der Waals surface area (Å²) in [6, 6.07) is 12.3. The minimum atomic E-state index is -0.759. The van der Waals surface area contributed by atoms with Crippen molar-refractivity contribution in [2.24, 2.45) is 0 Å². The van der Waals surface area contributed by atoms with E-state index >= 15 is 0 Å². The third-order valence-electron chi connectivity index (χ3n) is 5.47. The highest BCUT2D eigenvalue weighted by molar-refractivity contribution is 7.08. The molecule has 1 atom stereocenters. The highest BCUT2D eigenvalue weighted by atomic mass is 32.1. The van der Waals surface area contributed by atoms with Gasteiger partial charge in [0, 0.05) is 11.8 Å². The lowest BCUT2D eigenvalue weighted by Gasteiger charge is -2.41. The third kappa shape index (κ3) is 3.77. The molecule has 160 valence electrons. The van der Waals surface area contributed by atoms with Gasteiger partial charge in [-0.2, -0.15) is 11.3 Å². The minimum absolute atomic E-state index is 0.0870. The van der Waals surface area contributed by atoms with Crippen molar-refractivity contribution in [3.63, 3.8) is 0 Å². The first-order valence-corrected chi connectivity index (χ1v) is 10.8. The number of carbonyl (C=O) groups is 2. The molecular weight excluding hydrogens is 412 g/mol. The molecule has 4 rings (SSSR count). The highest BCUT2D eigenvalue weighted by Gasteiger charge is 2.43. The Bertz CT molecular complexity index is 1130. The summed E-state index contributed by atoms with van der Waals surface area (Å²) in [5, 5.41) is 3.83. The number of ether oxygens (including phenoxy) is 2. The smallest absolute Gasteiger partial charge is 0.255 e. The van der Waals surface area contributed by atoms with Crippen LogP contribution in [0.15, 0.2) is 53.2 Å². The van der Waals surface area contributed by atoms with E-state index in [1.165, 1.54) is 16.2 Å². The van der Waals surface area contributed by atoms with Crippen LogP contribution >= 0.6 is 11.3 Å². The molecular formula is C24H24N2O4S. The van der Waals surface area contributed by atoms with Crippen molar-refractivity contribution in [1.82, 2.24) is 0 Å². The molecule has 0 unspecified atom stereocenters. The van der Waals surface area contributed by atoms with Crippen LogP contribution in [0, 0.1) is 13.8 Å². The van der Waals surface area contributed by atoms with Crippen LogP contribution in [0.5, 0.6) is 11.5 Å². The zero-order chi connectivity index (χ0) is 22.1. The molecule has 2 heterocycles. The van der Waals surface area contributed by atoms with Gasteiger partial charge in [-0.25, -0.2) is 0 Å². The third-order valence-corrected chi connectivity index (χ3v) is 6.17. The van der Waals surface area contributed by atoms with Crippen LogP contribution < -0.4 is 19.3 Å². The van der Waals surface area contributed by atoms with Gasteiger partial charge in [0.25, 0.3) is 5.91 Å². The van der Waals surface area contributed by atoms with Gasteiger partial charge in [-0.15, -0.1) is 0 Å². The monoisotopic (exact) mass is 436 g/mol. The van der Waals surface area contributed by atoms with Crippen molar-refractivity contribution >= 4 is 34.5 Å². The number of rotatable bonds is 5. The van der Waals surface area contributed by atoms with Gasteiger partial charge in [-0.05, 0) is 60.0 Å². The maximum atomic E-state index is 13.8. The average molecular weight is 437 g/mol.